The minimum atomic E-state index is -0.319. The number of nitrogens with zero attached hydrogens (tertiary/aromatic N) is 1. The number of hydrogen-bond donors (Lipinski definition) is 1. The zero-order chi connectivity index (χ0) is 18.5. The second-order valence-corrected chi connectivity index (χ2v) is 7.04. The number of esters is 1. The van der Waals surface area contributed by atoms with E-state index in [2.05, 4.69) is 5.32 Å². The van der Waals surface area contributed by atoms with Crippen LogP contribution < -0.4 is 10.1 Å². The number of ether oxygens (including phenoxy) is 2. The van der Waals surface area contributed by atoms with E-state index < -0.39 is 0 Å². The Bertz CT molecular complexity index is 648. The highest BCUT2D eigenvalue weighted by Crippen LogP contribution is 2.40. The molecule has 3 rings (SSSR count). The second kappa shape index (κ2) is 8.54. The van der Waals surface area contributed by atoms with Gasteiger partial charge in [-0.05, 0) is 44.2 Å². The van der Waals surface area contributed by atoms with Gasteiger partial charge in [-0.2, -0.15) is 0 Å². The first kappa shape index (κ1) is 18.7. The maximum Gasteiger partial charge on any atom is 0.323 e. The SMILES string of the molecule is CCOc1ccccc1NC(=O)CN1[C@@H]2CCCC[C@H]2C[C@H]1C(=O)OC. The predicted octanol–water partition coefficient (Wildman–Crippen LogP) is 2.83. The van der Waals surface area contributed by atoms with Crippen molar-refractivity contribution in [2.24, 2.45) is 5.92 Å². The zero-order valence-corrected chi connectivity index (χ0v) is 15.6. The van der Waals surface area contributed by atoms with Crippen LogP contribution in [0.1, 0.15) is 39.0 Å². The molecule has 3 atom stereocenters. The predicted molar refractivity (Wildman–Crippen MR) is 99.1 cm³/mol. The lowest BCUT2D eigenvalue weighted by molar-refractivity contribution is -0.146. The molecular formula is C20H28N2O4. The van der Waals surface area contributed by atoms with Gasteiger partial charge in [0.2, 0.25) is 5.91 Å². The molecular weight excluding hydrogens is 332 g/mol. The molecule has 1 aromatic carbocycles. The Kier molecular flexibility index (Phi) is 6.14. The molecule has 1 saturated carbocycles. The molecule has 142 valence electrons. The van der Waals surface area contributed by atoms with Crippen molar-refractivity contribution in [1.29, 1.82) is 0 Å². The highest BCUT2D eigenvalue weighted by Gasteiger charge is 2.46. The Balaban J connectivity index is 1.71. The molecule has 1 heterocycles. The quantitative estimate of drug-likeness (QED) is 0.790. The first-order chi connectivity index (χ1) is 12.6. The molecule has 1 aliphatic carbocycles. The fraction of sp³-hybridized carbons (Fsp3) is 0.600. The summed E-state index contributed by atoms with van der Waals surface area (Å²) in [5.74, 6) is 0.778. The molecule has 6 nitrogen and oxygen atoms in total. The van der Waals surface area contributed by atoms with Crippen molar-refractivity contribution in [3.05, 3.63) is 24.3 Å². The molecule has 1 aromatic rings. The number of carbonyl (C=O) groups excluding carboxylic acids is 2. The number of benzene rings is 1. The van der Waals surface area contributed by atoms with Crippen molar-refractivity contribution in [3.8, 4) is 5.75 Å². The van der Waals surface area contributed by atoms with E-state index in [9.17, 15) is 9.59 Å². The largest absolute Gasteiger partial charge is 0.492 e. The molecule has 1 N–H and O–H groups in total. The van der Waals surface area contributed by atoms with Gasteiger partial charge in [0.25, 0.3) is 0 Å². The molecule has 1 saturated heterocycles. The monoisotopic (exact) mass is 360 g/mol. The van der Waals surface area contributed by atoms with Gasteiger partial charge >= 0.3 is 5.97 Å². The van der Waals surface area contributed by atoms with Crippen LogP contribution in [0.15, 0.2) is 24.3 Å². The molecule has 6 heteroatoms. The van der Waals surface area contributed by atoms with Crippen LogP contribution in [0.3, 0.4) is 0 Å². The number of para-hydroxylation sites is 2. The minimum Gasteiger partial charge on any atom is -0.492 e. The third kappa shape index (κ3) is 4.01. The van der Waals surface area contributed by atoms with E-state index in [-0.39, 0.29) is 24.5 Å². The van der Waals surface area contributed by atoms with Gasteiger partial charge in [-0.3, -0.25) is 14.5 Å². The van der Waals surface area contributed by atoms with E-state index in [1.807, 2.05) is 36.1 Å². The van der Waals surface area contributed by atoms with Crippen LogP contribution in [0.4, 0.5) is 5.69 Å². The third-order valence-corrected chi connectivity index (χ3v) is 5.48. The molecule has 0 unspecified atom stereocenters. The lowest BCUT2D eigenvalue weighted by atomic mass is 9.85. The van der Waals surface area contributed by atoms with Crippen molar-refractivity contribution in [3.63, 3.8) is 0 Å². The first-order valence-corrected chi connectivity index (χ1v) is 9.49. The molecule has 0 spiro atoms. The van der Waals surface area contributed by atoms with Crippen molar-refractivity contribution in [1.82, 2.24) is 4.90 Å². The van der Waals surface area contributed by atoms with Crippen molar-refractivity contribution in [2.45, 2.75) is 51.1 Å². The Morgan fingerprint density at radius 1 is 1.23 bits per heavy atom. The van der Waals surface area contributed by atoms with Crippen LogP contribution in [0, 0.1) is 5.92 Å². The lowest BCUT2D eigenvalue weighted by Gasteiger charge is -2.32. The first-order valence-electron chi connectivity index (χ1n) is 9.49. The molecule has 2 fully saturated rings. The molecule has 0 bridgehead atoms. The Morgan fingerprint density at radius 3 is 2.77 bits per heavy atom. The van der Waals surface area contributed by atoms with E-state index in [1.54, 1.807) is 0 Å². The summed E-state index contributed by atoms with van der Waals surface area (Å²) in [6.45, 7) is 2.64. The summed E-state index contributed by atoms with van der Waals surface area (Å²) < 4.78 is 10.6. The summed E-state index contributed by atoms with van der Waals surface area (Å²) >= 11 is 0. The number of methoxy groups -OCH3 is 1. The van der Waals surface area contributed by atoms with Gasteiger partial charge in [0.05, 0.1) is 25.9 Å². The highest BCUT2D eigenvalue weighted by atomic mass is 16.5. The number of amides is 1. The number of nitrogens with one attached hydrogen (secondary N) is 1. The molecule has 0 radical (unpaired) electrons. The van der Waals surface area contributed by atoms with E-state index in [4.69, 9.17) is 9.47 Å². The summed E-state index contributed by atoms with van der Waals surface area (Å²) in [7, 11) is 1.42. The van der Waals surface area contributed by atoms with Crippen molar-refractivity contribution >= 4 is 17.6 Å². The number of hydrogen-bond acceptors (Lipinski definition) is 5. The van der Waals surface area contributed by atoms with Crippen LogP contribution >= 0.6 is 0 Å². The maximum absolute atomic E-state index is 12.7. The number of likely N-dealkylation sites (tertiary alicyclic amines) is 1. The second-order valence-electron chi connectivity index (χ2n) is 7.04. The topological polar surface area (TPSA) is 67.9 Å². The molecule has 2 aliphatic rings. The normalized spacial score (nSPS) is 25.4. The average Bonchev–Trinajstić information content (AvgIpc) is 3.01. The van der Waals surface area contributed by atoms with Gasteiger partial charge in [0.15, 0.2) is 0 Å². The summed E-state index contributed by atoms with van der Waals surface area (Å²) in [6.07, 6.45) is 5.32. The van der Waals surface area contributed by atoms with Gasteiger partial charge in [-0.25, -0.2) is 0 Å². The number of rotatable bonds is 6. The minimum absolute atomic E-state index is 0.128. The summed E-state index contributed by atoms with van der Waals surface area (Å²) in [5.41, 5.74) is 0.661. The highest BCUT2D eigenvalue weighted by molar-refractivity contribution is 5.94. The van der Waals surface area contributed by atoms with Crippen molar-refractivity contribution < 1.29 is 19.1 Å². The van der Waals surface area contributed by atoms with Gasteiger partial charge in [-0.1, -0.05) is 25.0 Å². The van der Waals surface area contributed by atoms with Gasteiger partial charge in [0.1, 0.15) is 11.8 Å². The lowest BCUT2D eigenvalue weighted by Crippen LogP contribution is -2.46. The van der Waals surface area contributed by atoms with Gasteiger partial charge in [0, 0.05) is 6.04 Å². The summed E-state index contributed by atoms with van der Waals surface area (Å²) in [6, 6.07) is 7.38. The summed E-state index contributed by atoms with van der Waals surface area (Å²) in [4.78, 5) is 27.0. The van der Waals surface area contributed by atoms with Gasteiger partial charge in [-0.15, -0.1) is 0 Å². The molecule has 26 heavy (non-hydrogen) atoms. The number of carbonyl (C=O) groups is 2. The average molecular weight is 360 g/mol. The van der Waals surface area contributed by atoms with E-state index >= 15 is 0 Å². The molecule has 1 amide bonds. The number of anilines is 1. The Hall–Kier alpha value is -2.08. The van der Waals surface area contributed by atoms with E-state index in [0.717, 1.165) is 25.7 Å². The maximum atomic E-state index is 12.7. The van der Waals surface area contributed by atoms with Gasteiger partial charge < -0.3 is 14.8 Å². The fourth-order valence-electron chi connectivity index (χ4n) is 4.35. The standard InChI is InChI=1S/C20H28N2O4/c1-3-26-18-11-7-5-9-15(18)21-19(23)13-22-16-10-6-4-8-14(16)12-17(22)20(24)25-2/h5,7,9,11,14,16-17H,3-4,6,8,10,12-13H2,1-2H3,(H,21,23)/t14-,16+,17-/m0/s1. The zero-order valence-electron chi connectivity index (χ0n) is 15.6. The van der Waals surface area contributed by atoms with Crippen LogP contribution in [0.25, 0.3) is 0 Å². The van der Waals surface area contributed by atoms with Crippen molar-refractivity contribution in [2.75, 3.05) is 25.6 Å². The smallest absolute Gasteiger partial charge is 0.323 e. The van der Waals surface area contributed by atoms with E-state index in [0.29, 0.717) is 30.0 Å². The fourth-order valence-corrected chi connectivity index (χ4v) is 4.35. The Labute approximate surface area is 154 Å². The summed E-state index contributed by atoms with van der Waals surface area (Å²) in [5, 5.41) is 2.94. The van der Waals surface area contributed by atoms with Crippen LogP contribution in [0.5, 0.6) is 5.75 Å². The van der Waals surface area contributed by atoms with E-state index in [1.165, 1.54) is 13.5 Å². The molecule has 1 aliphatic heterocycles. The number of fused-ring (bicyclic) bond motifs is 1. The third-order valence-electron chi connectivity index (χ3n) is 5.48. The van der Waals surface area contributed by atoms with Crippen LogP contribution in [-0.2, 0) is 14.3 Å². The Morgan fingerprint density at radius 2 is 2.00 bits per heavy atom. The van der Waals surface area contributed by atoms with Crippen LogP contribution in [-0.4, -0.2) is 49.1 Å². The van der Waals surface area contributed by atoms with Crippen LogP contribution in [0.2, 0.25) is 0 Å². The molecule has 0 aromatic heterocycles.